The quantitative estimate of drug-likeness (QED) is 0.698. The maximum atomic E-state index is 13.6. The molecule has 1 saturated carbocycles. The summed E-state index contributed by atoms with van der Waals surface area (Å²) in [4.78, 5) is 31.5. The number of nitrogens with zero attached hydrogens (tertiary/aromatic N) is 4. The van der Waals surface area contributed by atoms with Crippen LogP contribution in [0.15, 0.2) is 4.52 Å². The highest BCUT2D eigenvalue weighted by atomic mass is 19.3. The molecule has 2 amide bonds. The number of rotatable bonds is 6. The second-order valence-corrected chi connectivity index (χ2v) is 8.31. The van der Waals surface area contributed by atoms with Crippen LogP contribution < -0.4 is 5.73 Å². The molecule has 160 valence electrons. The number of β-amino-alcohol motifs (C(OH)–C–C–N with tert-alkyl or cyclic N) is 1. The lowest BCUT2D eigenvalue weighted by Gasteiger charge is -2.34. The van der Waals surface area contributed by atoms with Gasteiger partial charge in [-0.25, -0.2) is 8.78 Å². The van der Waals surface area contributed by atoms with Crippen LogP contribution in [-0.2, 0) is 9.59 Å². The summed E-state index contributed by atoms with van der Waals surface area (Å²) in [5.74, 6) is -2.45. The summed E-state index contributed by atoms with van der Waals surface area (Å²) in [7, 11) is 0. The van der Waals surface area contributed by atoms with E-state index in [1.807, 2.05) is 0 Å². The molecule has 3 fully saturated rings. The Hall–Kier alpha value is -2.14. The van der Waals surface area contributed by atoms with Crippen molar-refractivity contribution in [1.29, 1.82) is 0 Å². The van der Waals surface area contributed by atoms with Gasteiger partial charge in [-0.05, 0) is 12.8 Å². The van der Waals surface area contributed by atoms with E-state index in [1.165, 1.54) is 4.90 Å². The van der Waals surface area contributed by atoms with Gasteiger partial charge in [0.15, 0.2) is 5.82 Å². The van der Waals surface area contributed by atoms with Crippen molar-refractivity contribution in [2.45, 2.75) is 68.6 Å². The summed E-state index contributed by atoms with van der Waals surface area (Å²) in [5.41, 5.74) is 5.99. The molecule has 1 aromatic rings. The first-order chi connectivity index (χ1) is 13.7. The summed E-state index contributed by atoms with van der Waals surface area (Å²) in [6.07, 6.45) is 0.757. The monoisotopic (exact) mass is 413 g/mol. The molecule has 29 heavy (non-hydrogen) atoms. The van der Waals surface area contributed by atoms with Gasteiger partial charge in [-0.15, -0.1) is 0 Å². The van der Waals surface area contributed by atoms with Crippen molar-refractivity contribution < 1.29 is 28.0 Å². The summed E-state index contributed by atoms with van der Waals surface area (Å²) in [6, 6.07) is -1.32. The smallest absolute Gasteiger partial charge is 0.265 e. The molecular weight excluding hydrogens is 388 g/mol. The zero-order valence-corrected chi connectivity index (χ0v) is 16.0. The fourth-order valence-electron chi connectivity index (χ4n) is 3.96. The third-order valence-corrected chi connectivity index (χ3v) is 5.66. The number of carbonyl (C=O) groups is 2. The first-order valence-corrected chi connectivity index (χ1v) is 9.94. The van der Waals surface area contributed by atoms with Crippen LogP contribution in [0, 0.1) is 0 Å². The van der Waals surface area contributed by atoms with E-state index >= 15 is 0 Å². The van der Waals surface area contributed by atoms with Gasteiger partial charge in [0.2, 0.25) is 17.7 Å². The zero-order chi connectivity index (χ0) is 20.8. The van der Waals surface area contributed by atoms with Crippen LogP contribution in [0.5, 0.6) is 0 Å². The number of hydrogen-bond acceptors (Lipinski definition) is 7. The van der Waals surface area contributed by atoms with E-state index in [1.54, 1.807) is 0 Å². The summed E-state index contributed by atoms with van der Waals surface area (Å²) in [6.45, 7) is -0.684. The lowest BCUT2D eigenvalue weighted by molar-refractivity contribution is -0.148. The van der Waals surface area contributed by atoms with E-state index in [-0.39, 0.29) is 50.1 Å². The summed E-state index contributed by atoms with van der Waals surface area (Å²) in [5, 5.41) is 14.0. The van der Waals surface area contributed by atoms with E-state index in [0.29, 0.717) is 11.7 Å². The zero-order valence-electron chi connectivity index (χ0n) is 16.0. The number of alkyl halides is 2. The van der Waals surface area contributed by atoms with Crippen molar-refractivity contribution in [3.63, 3.8) is 0 Å². The molecule has 11 heteroatoms. The maximum absolute atomic E-state index is 13.6. The number of nitrogens with two attached hydrogens (primary N) is 1. The average Bonchev–Trinajstić information content (AvgIpc) is 3.23. The van der Waals surface area contributed by atoms with Crippen molar-refractivity contribution in [2.24, 2.45) is 5.73 Å². The Morgan fingerprint density at radius 3 is 2.90 bits per heavy atom. The van der Waals surface area contributed by atoms with E-state index < -0.39 is 37.1 Å². The molecule has 3 heterocycles. The molecule has 1 aliphatic carbocycles. The minimum atomic E-state index is -2.93. The standard InChI is InChI=1S/C18H25F2N5O4/c19-18(20)4-3-14(27)24(9-18)7-11(21)5-15(28)25-8-12(26)6-13(25)17-22-16(23-29-17)10-1-2-10/h10-13,26H,1-9,21H2. The third kappa shape index (κ3) is 4.55. The van der Waals surface area contributed by atoms with Crippen LogP contribution >= 0.6 is 0 Å². The van der Waals surface area contributed by atoms with Crippen LogP contribution in [0.3, 0.4) is 0 Å². The number of amides is 2. The van der Waals surface area contributed by atoms with Crippen molar-refractivity contribution in [1.82, 2.24) is 19.9 Å². The molecule has 0 aromatic carbocycles. The molecule has 3 atom stereocenters. The Morgan fingerprint density at radius 1 is 1.41 bits per heavy atom. The van der Waals surface area contributed by atoms with E-state index in [4.69, 9.17) is 10.3 Å². The number of hydrogen-bond donors (Lipinski definition) is 2. The predicted octanol–water partition coefficient (Wildman–Crippen LogP) is 0.556. The fraction of sp³-hybridized carbons (Fsp3) is 0.778. The van der Waals surface area contributed by atoms with Crippen molar-refractivity contribution in [2.75, 3.05) is 19.6 Å². The molecule has 3 N–H and O–H groups in total. The molecule has 0 spiro atoms. The Kier molecular flexibility index (Phi) is 5.28. The van der Waals surface area contributed by atoms with Gasteiger partial charge in [0.1, 0.15) is 6.04 Å². The Bertz CT molecular complexity index is 784. The molecule has 2 saturated heterocycles. The molecule has 4 rings (SSSR count). The normalized spacial score (nSPS) is 28.1. The number of aliphatic hydroxyl groups is 1. The summed E-state index contributed by atoms with van der Waals surface area (Å²) < 4.78 is 32.4. The number of aliphatic hydroxyl groups excluding tert-OH is 1. The predicted molar refractivity (Wildman–Crippen MR) is 94.7 cm³/mol. The minimum absolute atomic E-state index is 0.109. The largest absolute Gasteiger partial charge is 0.391 e. The number of halogens is 2. The number of aromatic nitrogens is 2. The van der Waals surface area contributed by atoms with Crippen LogP contribution in [0.2, 0.25) is 0 Å². The molecule has 0 radical (unpaired) electrons. The lowest BCUT2D eigenvalue weighted by Crippen LogP contribution is -2.51. The second kappa shape index (κ2) is 7.60. The SMILES string of the molecule is NC(CC(=O)N1CC(O)CC1c1nc(C2CC2)no1)CN1CC(F)(F)CCC1=O. The molecule has 2 aliphatic heterocycles. The van der Waals surface area contributed by atoms with Crippen LogP contribution in [0.25, 0.3) is 0 Å². The maximum Gasteiger partial charge on any atom is 0.265 e. The van der Waals surface area contributed by atoms with Crippen LogP contribution in [0.4, 0.5) is 8.78 Å². The molecule has 9 nitrogen and oxygen atoms in total. The highest BCUT2D eigenvalue weighted by Gasteiger charge is 2.42. The second-order valence-electron chi connectivity index (χ2n) is 8.31. The Balaban J connectivity index is 1.37. The van der Waals surface area contributed by atoms with Gasteiger partial charge in [-0.2, -0.15) is 4.98 Å². The summed E-state index contributed by atoms with van der Waals surface area (Å²) >= 11 is 0. The molecular formula is C18H25F2N5O4. The first-order valence-electron chi connectivity index (χ1n) is 9.94. The van der Waals surface area contributed by atoms with Crippen molar-refractivity contribution >= 4 is 11.8 Å². The van der Waals surface area contributed by atoms with Crippen molar-refractivity contribution in [3.05, 3.63) is 11.7 Å². The molecule has 0 bridgehead atoms. The van der Waals surface area contributed by atoms with E-state index in [2.05, 4.69) is 10.1 Å². The fourth-order valence-corrected chi connectivity index (χ4v) is 3.96. The van der Waals surface area contributed by atoms with Gasteiger partial charge in [0.25, 0.3) is 5.92 Å². The number of piperidine rings is 1. The molecule has 3 aliphatic rings. The molecule has 1 aromatic heterocycles. The topological polar surface area (TPSA) is 126 Å². The Labute approximate surface area is 166 Å². The van der Waals surface area contributed by atoms with Crippen molar-refractivity contribution in [3.8, 4) is 0 Å². The third-order valence-electron chi connectivity index (χ3n) is 5.66. The minimum Gasteiger partial charge on any atom is -0.391 e. The average molecular weight is 413 g/mol. The molecule has 3 unspecified atom stereocenters. The van der Waals surface area contributed by atoms with Gasteiger partial charge in [0, 0.05) is 50.7 Å². The van der Waals surface area contributed by atoms with Gasteiger partial charge in [-0.1, -0.05) is 5.16 Å². The highest BCUT2D eigenvalue weighted by Crippen LogP contribution is 2.40. The van der Waals surface area contributed by atoms with E-state index in [9.17, 15) is 23.5 Å². The first kappa shape index (κ1) is 20.1. The highest BCUT2D eigenvalue weighted by molar-refractivity contribution is 5.79. The number of likely N-dealkylation sites (tertiary alicyclic amines) is 2. The van der Waals surface area contributed by atoms with Gasteiger partial charge in [-0.3, -0.25) is 9.59 Å². The van der Waals surface area contributed by atoms with Gasteiger partial charge >= 0.3 is 0 Å². The lowest BCUT2D eigenvalue weighted by atomic mass is 10.0. The van der Waals surface area contributed by atoms with Gasteiger partial charge < -0.3 is 25.2 Å². The number of carbonyl (C=O) groups excluding carboxylic acids is 2. The van der Waals surface area contributed by atoms with Gasteiger partial charge in [0.05, 0.1) is 12.6 Å². The van der Waals surface area contributed by atoms with E-state index in [0.717, 1.165) is 17.7 Å². The van der Waals surface area contributed by atoms with Crippen LogP contribution in [-0.4, -0.2) is 74.6 Å². The Morgan fingerprint density at radius 2 is 2.17 bits per heavy atom. The van der Waals surface area contributed by atoms with Crippen LogP contribution in [0.1, 0.15) is 62.2 Å².